The van der Waals surface area contributed by atoms with Crippen LogP contribution in [0.2, 0.25) is 0 Å². The van der Waals surface area contributed by atoms with Crippen molar-refractivity contribution in [1.29, 1.82) is 0 Å². The highest BCUT2D eigenvalue weighted by Crippen LogP contribution is 2.30. The summed E-state index contributed by atoms with van der Waals surface area (Å²) in [6, 6.07) is 2.77. The average molecular weight is 320 g/mol. The van der Waals surface area contributed by atoms with Crippen molar-refractivity contribution in [3.8, 4) is 0 Å². The first-order valence-electron chi connectivity index (χ1n) is 6.62. The smallest absolute Gasteiger partial charge is 0.207 e. The molecule has 1 aromatic rings. The van der Waals surface area contributed by atoms with Crippen LogP contribution in [0, 0.1) is 24.6 Å². The topological polar surface area (TPSA) is 37.4 Å². The predicted molar refractivity (Wildman–Crippen MR) is 77.8 cm³/mol. The number of halogens is 2. The van der Waals surface area contributed by atoms with Gasteiger partial charge in [-0.25, -0.2) is 12.8 Å². The summed E-state index contributed by atoms with van der Waals surface area (Å²) in [5.74, 6) is 0.186. The molecule has 0 saturated carbocycles. The third kappa shape index (κ3) is 2.71. The second kappa shape index (κ2) is 5.62. The summed E-state index contributed by atoms with van der Waals surface area (Å²) in [7, 11) is -3.66. The summed E-state index contributed by atoms with van der Waals surface area (Å²) < 4.78 is 40.7. The van der Waals surface area contributed by atoms with Gasteiger partial charge in [0, 0.05) is 24.5 Å². The lowest BCUT2D eigenvalue weighted by Gasteiger charge is -2.18. The van der Waals surface area contributed by atoms with Crippen LogP contribution in [0.1, 0.15) is 25.0 Å². The van der Waals surface area contributed by atoms with E-state index in [1.807, 2.05) is 13.8 Å². The summed E-state index contributed by atoms with van der Waals surface area (Å²) in [6.45, 7) is 6.51. The second-order valence-corrected chi connectivity index (χ2v) is 7.78. The molecule has 3 nitrogen and oxygen atoms in total. The Labute approximate surface area is 124 Å². The molecule has 20 heavy (non-hydrogen) atoms. The van der Waals surface area contributed by atoms with Crippen LogP contribution in [0.3, 0.4) is 0 Å². The van der Waals surface area contributed by atoms with Gasteiger partial charge in [0.1, 0.15) is 5.82 Å². The third-order valence-corrected chi connectivity index (χ3v) is 6.35. The Hall–Kier alpha value is -0.650. The van der Waals surface area contributed by atoms with Gasteiger partial charge in [0.05, 0.1) is 4.90 Å². The van der Waals surface area contributed by atoms with Crippen molar-refractivity contribution in [3.63, 3.8) is 0 Å². The molecule has 2 rings (SSSR count). The van der Waals surface area contributed by atoms with Crippen LogP contribution >= 0.6 is 11.6 Å². The highest BCUT2D eigenvalue weighted by atomic mass is 35.5. The summed E-state index contributed by atoms with van der Waals surface area (Å²) in [5, 5.41) is 0. The van der Waals surface area contributed by atoms with Crippen molar-refractivity contribution in [2.24, 2.45) is 11.8 Å². The van der Waals surface area contributed by atoms with Crippen molar-refractivity contribution in [2.45, 2.75) is 31.5 Å². The SMILES string of the molecule is Cc1c(F)cc(CCl)cc1S(=O)(=O)N1CC(C)C(C)C1. The Bertz CT molecular complexity index is 608. The van der Waals surface area contributed by atoms with Gasteiger partial charge >= 0.3 is 0 Å². The lowest BCUT2D eigenvalue weighted by molar-refractivity contribution is 0.461. The van der Waals surface area contributed by atoms with Gasteiger partial charge in [0.2, 0.25) is 10.0 Å². The third-order valence-electron chi connectivity index (χ3n) is 4.08. The van der Waals surface area contributed by atoms with E-state index in [1.54, 1.807) is 0 Å². The molecule has 0 amide bonds. The van der Waals surface area contributed by atoms with Gasteiger partial charge < -0.3 is 0 Å². The molecular weight excluding hydrogens is 301 g/mol. The molecular formula is C14H19ClFNO2S. The van der Waals surface area contributed by atoms with Gasteiger partial charge in [0.25, 0.3) is 0 Å². The van der Waals surface area contributed by atoms with Crippen LogP contribution in [0.15, 0.2) is 17.0 Å². The van der Waals surface area contributed by atoms with Crippen LogP contribution in [0.25, 0.3) is 0 Å². The van der Waals surface area contributed by atoms with Crippen molar-refractivity contribution >= 4 is 21.6 Å². The summed E-state index contributed by atoms with van der Waals surface area (Å²) in [5.41, 5.74) is 0.639. The van der Waals surface area contributed by atoms with E-state index in [2.05, 4.69) is 0 Å². The van der Waals surface area contributed by atoms with Crippen LogP contribution in [0.4, 0.5) is 4.39 Å². The zero-order valence-corrected chi connectivity index (χ0v) is 13.4. The zero-order chi connectivity index (χ0) is 15.1. The van der Waals surface area contributed by atoms with Crippen molar-refractivity contribution in [3.05, 3.63) is 29.1 Å². The van der Waals surface area contributed by atoms with Gasteiger partial charge in [0.15, 0.2) is 0 Å². The molecule has 6 heteroatoms. The monoisotopic (exact) mass is 319 g/mol. The molecule has 1 fully saturated rings. The first-order valence-corrected chi connectivity index (χ1v) is 8.60. The van der Waals surface area contributed by atoms with Crippen LogP contribution < -0.4 is 0 Å². The molecule has 2 atom stereocenters. The fourth-order valence-corrected chi connectivity index (χ4v) is 4.54. The molecule has 0 bridgehead atoms. The normalized spacial score (nSPS) is 24.2. The zero-order valence-electron chi connectivity index (χ0n) is 11.9. The minimum Gasteiger partial charge on any atom is -0.207 e. The van der Waals surface area contributed by atoms with E-state index < -0.39 is 15.8 Å². The Morgan fingerprint density at radius 1 is 1.30 bits per heavy atom. The number of alkyl halides is 1. The minimum atomic E-state index is -3.66. The maximum Gasteiger partial charge on any atom is 0.243 e. The van der Waals surface area contributed by atoms with Gasteiger partial charge in [-0.3, -0.25) is 0 Å². The lowest BCUT2D eigenvalue weighted by Crippen LogP contribution is -2.30. The Balaban J connectivity index is 2.47. The molecule has 0 spiro atoms. The van der Waals surface area contributed by atoms with Gasteiger partial charge in [-0.2, -0.15) is 4.31 Å². The quantitative estimate of drug-likeness (QED) is 0.803. The highest BCUT2D eigenvalue weighted by Gasteiger charge is 2.36. The molecule has 1 aliphatic rings. The van der Waals surface area contributed by atoms with E-state index in [0.717, 1.165) is 0 Å². The number of hydrogen-bond donors (Lipinski definition) is 0. The second-order valence-electron chi connectivity index (χ2n) is 5.61. The summed E-state index contributed by atoms with van der Waals surface area (Å²) in [6.07, 6.45) is 0. The molecule has 1 saturated heterocycles. The molecule has 0 N–H and O–H groups in total. The molecule has 1 heterocycles. The van der Waals surface area contributed by atoms with E-state index in [4.69, 9.17) is 11.6 Å². The molecule has 2 unspecified atom stereocenters. The first kappa shape index (κ1) is 15.7. The standard InChI is InChI=1S/C14H19ClFNO2S/c1-9-7-17(8-10(9)2)20(18,19)14-5-12(6-15)4-13(16)11(14)3/h4-5,9-10H,6-8H2,1-3H3. The van der Waals surface area contributed by atoms with Crippen LogP contribution in [-0.2, 0) is 15.9 Å². The number of hydrogen-bond acceptors (Lipinski definition) is 2. The van der Waals surface area contributed by atoms with Gasteiger partial charge in [-0.05, 0) is 36.5 Å². The van der Waals surface area contributed by atoms with E-state index in [0.29, 0.717) is 30.5 Å². The highest BCUT2D eigenvalue weighted by molar-refractivity contribution is 7.89. The molecule has 1 aliphatic heterocycles. The van der Waals surface area contributed by atoms with Crippen LogP contribution in [-0.4, -0.2) is 25.8 Å². The predicted octanol–water partition coefficient (Wildman–Crippen LogP) is 3.15. The molecule has 112 valence electrons. The van der Waals surface area contributed by atoms with Crippen molar-refractivity contribution < 1.29 is 12.8 Å². The number of rotatable bonds is 3. The van der Waals surface area contributed by atoms with Gasteiger partial charge in [-0.1, -0.05) is 13.8 Å². The van der Waals surface area contributed by atoms with E-state index in [1.165, 1.54) is 23.4 Å². The minimum absolute atomic E-state index is 0.0365. The van der Waals surface area contributed by atoms with Crippen molar-refractivity contribution in [2.75, 3.05) is 13.1 Å². The van der Waals surface area contributed by atoms with Gasteiger partial charge in [-0.15, -0.1) is 11.6 Å². The number of benzene rings is 1. The number of sulfonamides is 1. The first-order chi connectivity index (χ1) is 9.27. The Kier molecular flexibility index (Phi) is 4.42. The molecule has 0 aliphatic carbocycles. The van der Waals surface area contributed by atoms with E-state index in [-0.39, 0.29) is 16.3 Å². The lowest BCUT2D eigenvalue weighted by atomic mass is 10.0. The fourth-order valence-electron chi connectivity index (χ4n) is 2.46. The Morgan fingerprint density at radius 3 is 2.35 bits per heavy atom. The van der Waals surface area contributed by atoms with E-state index >= 15 is 0 Å². The maximum atomic E-state index is 13.9. The summed E-state index contributed by atoms with van der Waals surface area (Å²) >= 11 is 5.70. The average Bonchev–Trinajstić information content (AvgIpc) is 2.73. The number of nitrogens with zero attached hydrogens (tertiary/aromatic N) is 1. The fraction of sp³-hybridized carbons (Fsp3) is 0.571. The molecule has 0 aromatic heterocycles. The molecule has 0 radical (unpaired) electrons. The maximum absolute atomic E-state index is 13.9. The molecule has 1 aromatic carbocycles. The van der Waals surface area contributed by atoms with E-state index in [9.17, 15) is 12.8 Å². The van der Waals surface area contributed by atoms with Crippen LogP contribution in [0.5, 0.6) is 0 Å². The summed E-state index contributed by atoms with van der Waals surface area (Å²) in [4.78, 5) is 0.0365. The van der Waals surface area contributed by atoms with Crippen molar-refractivity contribution in [1.82, 2.24) is 4.31 Å². The largest absolute Gasteiger partial charge is 0.243 e. The Morgan fingerprint density at radius 2 is 1.85 bits per heavy atom.